The maximum absolute atomic E-state index is 3.45. The molecule has 0 aromatic heterocycles. The summed E-state index contributed by atoms with van der Waals surface area (Å²) in [4.78, 5) is 2.59. The molecule has 5 unspecified atom stereocenters. The Bertz CT molecular complexity index is 237. The number of nitrogens with one attached hydrogen (secondary N) is 1. The highest BCUT2D eigenvalue weighted by Crippen LogP contribution is 2.48. The Balaban J connectivity index is 1.82. The summed E-state index contributed by atoms with van der Waals surface area (Å²) in [5.41, 5.74) is 0. The van der Waals surface area contributed by atoms with Crippen molar-refractivity contribution in [3.8, 4) is 0 Å². The summed E-state index contributed by atoms with van der Waals surface area (Å²) in [6, 6.07) is 1.29. The third-order valence-corrected chi connectivity index (χ3v) is 5.50. The molecule has 2 aliphatic rings. The molecule has 0 saturated heterocycles. The summed E-state index contributed by atoms with van der Waals surface area (Å²) in [7, 11) is 4.41. The van der Waals surface area contributed by atoms with Gasteiger partial charge in [0.05, 0.1) is 0 Å². The number of fused-ring (bicyclic) bond motifs is 2. The van der Waals surface area contributed by atoms with Gasteiger partial charge in [-0.05, 0) is 64.5 Å². The van der Waals surface area contributed by atoms with Gasteiger partial charge in [0, 0.05) is 18.6 Å². The van der Waals surface area contributed by atoms with E-state index in [-0.39, 0.29) is 0 Å². The zero-order valence-electron chi connectivity index (χ0n) is 12.1. The van der Waals surface area contributed by atoms with Crippen LogP contribution in [0.15, 0.2) is 0 Å². The number of likely N-dealkylation sites (N-methyl/N-ethyl adjacent to an activating group) is 2. The van der Waals surface area contributed by atoms with E-state index in [2.05, 4.69) is 38.2 Å². The first-order valence-electron chi connectivity index (χ1n) is 7.53. The predicted octanol–water partition coefficient (Wildman–Crippen LogP) is 2.74. The number of hydrogen-bond acceptors (Lipinski definition) is 2. The molecule has 2 heteroatoms. The molecule has 0 spiro atoms. The molecule has 2 fully saturated rings. The van der Waals surface area contributed by atoms with Gasteiger partial charge in [-0.15, -0.1) is 0 Å². The fourth-order valence-corrected chi connectivity index (χ4v) is 4.23. The summed E-state index contributed by atoms with van der Waals surface area (Å²) >= 11 is 0. The van der Waals surface area contributed by atoms with E-state index in [0.29, 0.717) is 12.1 Å². The molecular weight excluding hydrogens is 208 g/mol. The first kappa shape index (κ1) is 13.4. The van der Waals surface area contributed by atoms with Crippen molar-refractivity contribution in [2.75, 3.05) is 20.6 Å². The zero-order chi connectivity index (χ0) is 12.4. The lowest BCUT2D eigenvalue weighted by Crippen LogP contribution is -2.47. The highest BCUT2D eigenvalue weighted by molar-refractivity contribution is 4.92. The highest BCUT2D eigenvalue weighted by Gasteiger charge is 2.40. The molecule has 2 rings (SSSR count). The van der Waals surface area contributed by atoms with Gasteiger partial charge in [-0.1, -0.05) is 13.3 Å². The second-order valence-corrected chi connectivity index (χ2v) is 6.42. The topological polar surface area (TPSA) is 15.3 Å². The van der Waals surface area contributed by atoms with Crippen molar-refractivity contribution in [1.29, 1.82) is 0 Å². The van der Waals surface area contributed by atoms with Gasteiger partial charge in [0.15, 0.2) is 0 Å². The normalized spacial score (nSPS) is 35.5. The fraction of sp³-hybridized carbons (Fsp3) is 1.00. The van der Waals surface area contributed by atoms with Crippen LogP contribution in [0, 0.1) is 17.8 Å². The standard InChI is InChI=1S/C15H30N2/c1-5-15(16-3)11(2)17(4)10-14-9-12-6-7-13(14)8-12/h11-16H,5-10H2,1-4H3. The van der Waals surface area contributed by atoms with E-state index in [0.717, 1.165) is 17.8 Å². The highest BCUT2D eigenvalue weighted by atomic mass is 15.2. The minimum Gasteiger partial charge on any atom is -0.315 e. The van der Waals surface area contributed by atoms with Gasteiger partial charge in [-0.25, -0.2) is 0 Å². The maximum Gasteiger partial charge on any atom is 0.0217 e. The first-order chi connectivity index (χ1) is 8.15. The van der Waals surface area contributed by atoms with Crippen LogP contribution in [0.2, 0.25) is 0 Å². The molecule has 2 aliphatic carbocycles. The van der Waals surface area contributed by atoms with E-state index in [9.17, 15) is 0 Å². The second-order valence-electron chi connectivity index (χ2n) is 6.42. The van der Waals surface area contributed by atoms with Crippen LogP contribution in [-0.4, -0.2) is 37.6 Å². The number of nitrogens with zero attached hydrogens (tertiary/aromatic N) is 1. The van der Waals surface area contributed by atoms with E-state index in [1.807, 2.05) is 0 Å². The average molecular weight is 238 g/mol. The Morgan fingerprint density at radius 3 is 2.53 bits per heavy atom. The van der Waals surface area contributed by atoms with Crippen LogP contribution in [0.5, 0.6) is 0 Å². The predicted molar refractivity (Wildman–Crippen MR) is 74.2 cm³/mol. The molecule has 0 heterocycles. The van der Waals surface area contributed by atoms with Crippen LogP contribution in [0.4, 0.5) is 0 Å². The van der Waals surface area contributed by atoms with Crippen LogP contribution >= 0.6 is 0 Å². The van der Waals surface area contributed by atoms with E-state index >= 15 is 0 Å². The van der Waals surface area contributed by atoms with Gasteiger partial charge in [0.1, 0.15) is 0 Å². The Labute approximate surface area is 107 Å². The van der Waals surface area contributed by atoms with Crippen molar-refractivity contribution in [2.45, 2.75) is 58.0 Å². The molecule has 2 bridgehead atoms. The molecule has 17 heavy (non-hydrogen) atoms. The van der Waals surface area contributed by atoms with Crippen LogP contribution in [0.3, 0.4) is 0 Å². The van der Waals surface area contributed by atoms with E-state index < -0.39 is 0 Å². The zero-order valence-corrected chi connectivity index (χ0v) is 12.1. The van der Waals surface area contributed by atoms with E-state index in [4.69, 9.17) is 0 Å². The van der Waals surface area contributed by atoms with Gasteiger partial charge in [-0.3, -0.25) is 0 Å². The van der Waals surface area contributed by atoms with Crippen molar-refractivity contribution in [1.82, 2.24) is 10.2 Å². The van der Waals surface area contributed by atoms with Crippen molar-refractivity contribution in [2.24, 2.45) is 17.8 Å². The molecule has 2 saturated carbocycles. The van der Waals surface area contributed by atoms with Gasteiger partial charge in [0.25, 0.3) is 0 Å². The molecule has 5 atom stereocenters. The summed E-state index contributed by atoms with van der Waals surface area (Å²) in [5, 5.41) is 3.45. The molecule has 1 N–H and O–H groups in total. The minimum absolute atomic E-state index is 0.638. The molecule has 100 valence electrons. The van der Waals surface area contributed by atoms with Crippen molar-refractivity contribution in [3.05, 3.63) is 0 Å². The second kappa shape index (κ2) is 5.71. The molecule has 0 aromatic rings. The smallest absolute Gasteiger partial charge is 0.0217 e. The van der Waals surface area contributed by atoms with Crippen LogP contribution < -0.4 is 5.32 Å². The van der Waals surface area contributed by atoms with Gasteiger partial charge in [-0.2, -0.15) is 0 Å². The summed E-state index contributed by atoms with van der Waals surface area (Å²) in [6.07, 6.45) is 7.31. The van der Waals surface area contributed by atoms with E-state index in [1.54, 1.807) is 0 Å². The third-order valence-electron chi connectivity index (χ3n) is 5.50. The van der Waals surface area contributed by atoms with Gasteiger partial charge in [0.2, 0.25) is 0 Å². The SMILES string of the molecule is CCC(NC)C(C)N(C)CC1CC2CCC1C2. The lowest BCUT2D eigenvalue weighted by atomic mass is 9.88. The van der Waals surface area contributed by atoms with Crippen molar-refractivity contribution in [3.63, 3.8) is 0 Å². The van der Waals surface area contributed by atoms with Crippen LogP contribution in [0.1, 0.15) is 46.0 Å². The number of rotatable bonds is 6. The Hall–Kier alpha value is -0.0800. The largest absolute Gasteiger partial charge is 0.315 e. The Morgan fingerprint density at radius 2 is 2.06 bits per heavy atom. The van der Waals surface area contributed by atoms with E-state index in [1.165, 1.54) is 38.6 Å². The monoisotopic (exact) mass is 238 g/mol. The lowest BCUT2D eigenvalue weighted by Gasteiger charge is -2.35. The number of hydrogen-bond donors (Lipinski definition) is 1. The molecule has 0 radical (unpaired) electrons. The molecule has 0 amide bonds. The first-order valence-corrected chi connectivity index (χ1v) is 7.53. The summed E-state index contributed by atoms with van der Waals surface area (Å²) < 4.78 is 0. The van der Waals surface area contributed by atoms with Gasteiger partial charge < -0.3 is 10.2 Å². The molecule has 0 aromatic carbocycles. The molecule has 2 nitrogen and oxygen atoms in total. The van der Waals surface area contributed by atoms with Crippen molar-refractivity contribution < 1.29 is 0 Å². The lowest BCUT2D eigenvalue weighted by molar-refractivity contribution is 0.154. The molecule has 0 aliphatic heterocycles. The van der Waals surface area contributed by atoms with Crippen LogP contribution in [-0.2, 0) is 0 Å². The van der Waals surface area contributed by atoms with Gasteiger partial charge >= 0.3 is 0 Å². The Kier molecular flexibility index (Phi) is 4.48. The average Bonchev–Trinajstić information content (AvgIpc) is 2.92. The Morgan fingerprint density at radius 1 is 1.29 bits per heavy atom. The summed E-state index contributed by atoms with van der Waals surface area (Å²) in [5.74, 6) is 3.14. The quantitative estimate of drug-likeness (QED) is 0.765. The molecular formula is C15H30N2. The minimum atomic E-state index is 0.638. The van der Waals surface area contributed by atoms with Crippen LogP contribution in [0.25, 0.3) is 0 Å². The van der Waals surface area contributed by atoms with Crippen molar-refractivity contribution >= 4 is 0 Å². The summed E-state index contributed by atoms with van der Waals surface area (Å²) in [6.45, 7) is 5.97. The fourth-order valence-electron chi connectivity index (χ4n) is 4.23. The third kappa shape index (κ3) is 2.85. The maximum atomic E-state index is 3.45.